The first-order chi connectivity index (χ1) is 19.8. The number of oxazole rings is 1. The minimum absolute atomic E-state index is 0.00971. The molecule has 2 saturated heterocycles. The summed E-state index contributed by atoms with van der Waals surface area (Å²) in [5, 5.41) is 5.82. The van der Waals surface area contributed by atoms with Gasteiger partial charge in [0.25, 0.3) is 0 Å². The molecule has 2 atom stereocenters. The Morgan fingerprint density at radius 2 is 1.22 bits per heavy atom. The van der Waals surface area contributed by atoms with E-state index in [9.17, 15) is 19.2 Å². The minimum Gasteiger partial charge on any atom is -0.436 e. The average Bonchev–Trinajstić information content (AvgIpc) is 3.71. The van der Waals surface area contributed by atoms with Gasteiger partial charge in [-0.15, -0.1) is 0 Å². The Labute approximate surface area is 239 Å². The third-order valence-electron chi connectivity index (χ3n) is 7.78. The Balaban J connectivity index is 1.14. The van der Waals surface area contributed by atoms with Gasteiger partial charge in [-0.1, -0.05) is 0 Å². The summed E-state index contributed by atoms with van der Waals surface area (Å²) in [4.78, 5) is 56.5. The van der Waals surface area contributed by atoms with Crippen molar-refractivity contribution < 1.29 is 23.6 Å². The molecule has 4 amide bonds. The lowest BCUT2D eigenvalue weighted by molar-refractivity contribution is -0.131. The Kier molecular flexibility index (Phi) is 8.47. The lowest BCUT2D eigenvalue weighted by Crippen LogP contribution is -2.36. The standard InChI is InChI=1S/C31H35N5O5/c1-20(37)35-15-3-5-26(35)17-29(39)33-24-11-7-22(8-12-24)28-19-32-31(41-28)23-9-13-25(14-10-23)34-30(40)18-27-6-4-16-36(27)21(2)38/h7-14,19,26-27H,3-6,15-18H2,1-2H3,(H,33,39)(H,34,40)/t26-,27-/m0/s1. The summed E-state index contributed by atoms with van der Waals surface area (Å²) >= 11 is 0. The molecule has 0 bridgehead atoms. The number of benzene rings is 2. The van der Waals surface area contributed by atoms with Crippen LogP contribution in [0.15, 0.2) is 59.1 Å². The molecular weight excluding hydrogens is 522 g/mol. The highest BCUT2D eigenvalue weighted by molar-refractivity contribution is 5.92. The number of aromatic nitrogens is 1. The van der Waals surface area contributed by atoms with Gasteiger partial charge in [-0.25, -0.2) is 4.98 Å². The smallest absolute Gasteiger partial charge is 0.226 e. The first kappa shape index (κ1) is 28.1. The normalized spacial score (nSPS) is 18.4. The van der Waals surface area contributed by atoms with Crippen LogP contribution >= 0.6 is 0 Å². The molecule has 0 aliphatic carbocycles. The highest BCUT2D eigenvalue weighted by Crippen LogP contribution is 2.28. The number of nitrogens with zero attached hydrogens (tertiary/aromatic N) is 3. The predicted molar refractivity (Wildman–Crippen MR) is 155 cm³/mol. The summed E-state index contributed by atoms with van der Waals surface area (Å²) in [6.07, 6.45) is 5.76. The Hall–Kier alpha value is -4.47. The summed E-state index contributed by atoms with van der Waals surface area (Å²) in [5.74, 6) is 0.821. The van der Waals surface area contributed by atoms with Crippen molar-refractivity contribution in [3.8, 4) is 22.8 Å². The van der Waals surface area contributed by atoms with Crippen molar-refractivity contribution in [3.63, 3.8) is 0 Å². The molecule has 2 fully saturated rings. The van der Waals surface area contributed by atoms with Crippen molar-refractivity contribution in [2.45, 2.75) is 64.5 Å². The summed E-state index contributed by atoms with van der Waals surface area (Å²) < 4.78 is 5.98. The van der Waals surface area contributed by atoms with Crippen molar-refractivity contribution in [1.82, 2.24) is 14.8 Å². The fourth-order valence-electron chi connectivity index (χ4n) is 5.73. The second-order valence-corrected chi connectivity index (χ2v) is 10.7. The molecule has 2 aliphatic heterocycles. The maximum atomic E-state index is 12.5. The monoisotopic (exact) mass is 557 g/mol. The lowest BCUT2D eigenvalue weighted by atomic mass is 10.1. The van der Waals surface area contributed by atoms with E-state index in [1.54, 1.807) is 42.0 Å². The first-order valence-corrected chi connectivity index (χ1v) is 14.1. The molecule has 3 heterocycles. The van der Waals surface area contributed by atoms with E-state index >= 15 is 0 Å². The number of likely N-dealkylation sites (tertiary alicyclic amines) is 2. The molecule has 214 valence electrons. The summed E-state index contributed by atoms with van der Waals surface area (Å²) in [5.41, 5.74) is 2.92. The van der Waals surface area contributed by atoms with Crippen LogP contribution in [-0.4, -0.2) is 63.6 Å². The van der Waals surface area contributed by atoms with Crippen LogP contribution in [0.25, 0.3) is 22.8 Å². The Bertz CT molecular complexity index is 1310. The van der Waals surface area contributed by atoms with Gasteiger partial charge in [-0.3, -0.25) is 19.2 Å². The Morgan fingerprint density at radius 1 is 0.756 bits per heavy atom. The summed E-state index contributed by atoms with van der Waals surface area (Å²) in [6.45, 7) is 4.51. The zero-order chi connectivity index (χ0) is 28.9. The fraction of sp³-hybridized carbons (Fsp3) is 0.387. The van der Waals surface area contributed by atoms with Crippen molar-refractivity contribution in [1.29, 1.82) is 0 Å². The summed E-state index contributed by atoms with van der Waals surface area (Å²) in [6, 6.07) is 14.5. The molecule has 41 heavy (non-hydrogen) atoms. The second kappa shape index (κ2) is 12.4. The van der Waals surface area contributed by atoms with Gasteiger partial charge in [0.1, 0.15) is 0 Å². The number of rotatable bonds is 8. The van der Waals surface area contributed by atoms with Gasteiger partial charge in [0.2, 0.25) is 29.5 Å². The molecule has 0 spiro atoms. The number of carbonyl (C=O) groups excluding carboxylic acids is 4. The van der Waals surface area contributed by atoms with Crippen LogP contribution in [0.5, 0.6) is 0 Å². The molecule has 0 radical (unpaired) electrons. The fourth-order valence-corrected chi connectivity index (χ4v) is 5.73. The Morgan fingerprint density at radius 3 is 1.68 bits per heavy atom. The minimum atomic E-state index is -0.120. The molecule has 10 heteroatoms. The van der Waals surface area contributed by atoms with E-state index in [4.69, 9.17) is 4.42 Å². The van der Waals surface area contributed by atoms with Crippen LogP contribution in [0.3, 0.4) is 0 Å². The second-order valence-electron chi connectivity index (χ2n) is 10.7. The molecule has 2 N–H and O–H groups in total. The maximum absolute atomic E-state index is 12.5. The van der Waals surface area contributed by atoms with Crippen LogP contribution in [0.2, 0.25) is 0 Å². The van der Waals surface area contributed by atoms with Crippen LogP contribution in [-0.2, 0) is 19.2 Å². The molecule has 0 saturated carbocycles. The number of hydrogen-bond donors (Lipinski definition) is 2. The van der Waals surface area contributed by atoms with E-state index in [1.807, 2.05) is 36.4 Å². The maximum Gasteiger partial charge on any atom is 0.226 e. The number of anilines is 2. The topological polar surface area (TPSA) is 125 Å². The molecule has 3 aromatic rings. The van der Waals surface area contributed by atoms with Crippen LogP contribution in [0.4, 0.5) is 11.4 Å². The van der Waals surface area contributed by atoms with Gasteiger partial charge < -0.3 is 24.9 Å². The van der Waals surface area contributed by atoms with Crippen LogP contribution in [0, 0.1) is 0 Å². The van der Waals surface area contributed by atoms with E-state index < -0.39 is 0 Å². The van der Waals surface area contributed by atoms with Gasteiger partial charge in [0.05, 0.1) is 6.20 Å². The molecule has 2 aliphatic rings. The molecule has 0 unspecified atom stereocenters. The van der Waals surface area contributed by atoms with Crippen LogP contribution in [0.1, 0.15) is 52.4 Å². The quantitative estimate of drug-likeness (QED) is 0.414. The largest absolute Gasteiger partial charge is 0.436 e. The molecule has 5 rings (SSSR count). The lowest BCUT2D eigenvalue weighted by Gasteiger charge is -2.22. The first-order valence-electron chi connectivity index (χ1n) is 14.1. The van der Waals surface area contributed by atoms with E-state index in [2.05, 4.69) is 15.6 Å². The SMILES string of the molecule is CC(=O)N1CCC[C@H]1CC(=O)Nc1ccc(-c2cnc(-c3ccc(NC(=O)C[C@@H]4CCCN4C(C)=O)cc3)o2)cc1. The number of carbonyl (C=O) groups is 4. The van der Waals surface area contributed by atoms with E-state index in [1.165, 1.54) is 0 Å². The number of hydrogen-bond acceptors (Lipinski definition) is 6. The van der Waals surface area contributed by atoms with Crippen molar-refractivity contribution >= 4 is 35.0 Å². The van der Waals surface area contributed by atoms with Gasteiger partial charge >= 0.3 is 0 Å². The average molecular weight is 558 g/mol. The molecule has 2 aromatic carbocycles. The van der Waals surface area contributed by atoms with Crippen LogP contribution < -0.4 is 10.6 Å². The molecule has 10 nitrogen and oxygen atoms in total. The van der Waals surface area contributed by atoms with Crippen molar-refractivity contribution in [2.75, 3.05) is 23.7 Å². The van der Waals surface area contributed by atoms with Crippen molar-refractivity contribution in [3.05, 3.63) is 54.7 Å². The van der Waals surface area contributed by atoms with Crippen molar-refractivity contribution in [2.24, 2.45) is 0 Å². The van der Waals surface area contributed by atoms with E-state index in [0.717, 1.165) is 36.8 Å². The number of amides is 4. The predicted octanol–water partition coefficient (Wildman–Crippen LogP) is 4.69. The van der Waals surface area contributed by atoms with Gasteiger partial charge in [0.15, 0.2) is 5.76 Å². The zero-order valence-electron chi connectivity index (χ0n) is 23.4. The zero-order valence-corrected chi connectivity index (χ0v) is 23.4. The van der Waals surface area contributed by atoms with Gasteiger partial charge in [-0.05, 0) is 74.2 Å². The van der Waals surface area contributed by atoms with Gasteiger partial charge in [0, 0.05) is 74.4 Å². The highest BCUT2D eigenvalue weighted by Gasteiger charge is 2.29. The van der Waals surface area contributed by atoms with E-state index in [0.29, 0.717) is 36.1 Å². The highest BCUT2D eigenvalue weighted by atomic mass is 16.4. The molecule has 1 aromatic heterocycles. The van der Waals surface area contributed by atoms with Gasteiger partial charge in [-0.2, -0.15) is 0 Å². The molecular formula is C31H35N5O5. The summed E-state index contributed by atoms with van der Waals surface area (Å²) in [7, 11) is 0. The van der Waals surface area contributed by atoms with E-state index in [-0.39, 0.29) is 48.6 Å². The third kappa shape index (κ3) is 6.82. The number of nitrogens with one attached hydrogen (secondary N) is 2. The third-order valence-corrected chi connectivity index (χ3v) is 7.78.